The number of nitriles is 1. The van der Waals surface area contributed by atoms with Gasteiger partial charge in [0.15, 0.2) is 0 Å². The molecule has 4 aliphatic heterocycles. The first-order valence-corrected chi connectivity index (χ1v) is 21.7. The predicted molar refractivity (Wildman–Crippen MR) is 230 cm³/mol. The largest absolute Gasteiger partial charge is 0.495 e. The lowest BCUT2D eigenvalue weighted by atomic mass is 9.90. The molecule has 5 fully saturated rings. The molecule has 20 heteroatoms. The predicted octanol–water partition coefficient (Wildman–Crippen LogP) is 3.76. The maximum atomic E-state index is 15.6. The summed E-state index contributed by atoms with van der Waals surface area (Å²) >= 11 is 0. The number of carbonyl (C=O) groups excluding carboxylic acids is 2. The minimum Gasteiger partial charge on any atom is -0.495 e. The van der Waals surface area contributed by atoms with Gasteiger partial charge in [-0.05, 0) is 44.2 Å². The number of fused-ring (bicyclic) bond motifs is 3. The van der Waals surface area contributed by atoms with Gasteiger partial charge in [0, 0.05) is 87.4 Å². The van der Waals surface area contributed by atoms with E-state index in [0.717, 1.165) is 50.2 Å². The van der Waals surface area contributed by atoms with Gasteiger partial charge >= 0.3 is 6.09 Å². The maximum absolute atomic E-state index is 15.6. The van der Waals surface area contributed by atoms with Crippen molar-refractivity contribution in [2.45, 2.75) is 68.7 Å². The molecule has 3 N–H and O–H groups in total. The normalized spacial score (nSPS) is 24.1. The maximum Gasteiger partial charge on any atom is 0.408 e. The van der Waals surface area contributed by atoms with E-state index in [9.17, 15) is 24.8 Å². The average molecular weight is 874 g/mol. The zero-order chi connectivity index (χ0) is 44.1. The summed E-state index contributed by atoms with van der Waals surface area (Å²) in [4.78, 5) is 53.8. The van der Waals surface area contributed by atoms with Crippen LogP contribution in [0.4, 0.5) is 26.4 Å². The molecule has 3 atom stereocenters. The van der Waals surface area contributed by atoms with Crippen molar-refractivity contribution in [2.75, 3.05) is 74.7 Å². The highest BCUT2D eigenvalue weighted by molar-refractivity contribution is 6.01. The van der Waals surface area contributed by atoms with Gasteiger partial charge in [-0.3, -0.25) is 29.4 Å². The Labute approximate surface area is 367 Å². The number of morpholine rings is 1. The molecule has 1 aromatic carbocycles. The lowest BCUT2D eigenvalue weighted by molar-refractivity contribution is -0.133. The fourth-order valence-corrected chi connectivity index (χ4v) is 10.1. The molecule has 4 saturated heterocycles. The molecule has 0 spiro atoms. The fourth-order valence-electron chi connectivity index (χ4n) is 10.1. The van der Waals surface area contributed by atoms with E-state index in [1.54, 1.807) is 16.8 Å². The van der Waals surface area contributed by atoms with E-state index in [1.165, 1.54) is 24.3 Å². The highest BCUT2D eigenvalue weighted by Gasteiger charge is 2.41. The first-order chi connectivity index (χ1) is 31.1. The first-order valence-electron chi connectivity index (χ1n) is 21.7. The van der Waals surface area contributed by atoms with Crippen molar-refractivity contribution in [3.05, 3.63) is 66.6 Å². The summed E-state index contributed by atoms with van der Waals surface area (Å²) in [5.41, 5.74) is 4.58. The number of carbonyl (C=O) groups is 3. The number of rotatable bonds is 9. The van der Waals surface area contributed by atoms with Gasteiger partial charge in [0.1, 0.15) is 40.6 Å². The second-order valence-corrected chi connectivity index (χ2v) is 17.1. The lowest BCUT2D eigenvalue weighted by Gasteiger charge is -2.48. The van der Waals surface area contributed by atoms with E-state index >= 15 is 4.39 Å². The summed E-state index contributed by atoms with van der Waals surface area (Å²) in [6, 6.07) is 8.57. The number of ether oxygens (including phenoxy) is 2. The first kappa shape index (κ1) is 41.2. The van der Waals surface area contributed by atoms with Crippen LogP contribution in [-0.2, 0) is 14.3 Å². The van der Waals surface area contributed by atoms with Crippen LogP contribution < -0.4 is 25.2 Å². The number of piperazine rings is 2. The van der Waals surface area contributed by atoms with Gasteiger partial charge in [-0.1, -0.05) is 0 Å². The van der Waals surface area contributed by atoms with E-state index in [0.29, 0.717) is 97.0 Å². The van der Waals surface area contributed by atoms with Crippen molar-refractivity contribution in [3.8, 4) is 34.3 Å². The average Bonchev–Trinajstić information content (AvgIpc) is 3.98. The number of nitrogens with one attached hydrogen (secondary N) is 2. The number of anilines is 3. The minimum absolute atomic E-state index is 0.215. The zero-order valence-electron chi connectivity index (χ0n) is 35.3. The Morgan fingerprint density at radius 3 is 2.39 bits per heavy atom. The number of piperidine rings is 1. The molecule has 5 aliphatic rings. The number of amides is 3. The summed E-state index contributed by atoms with van der Waals surface area (Å²) in [6.07, 6.45) is 12.5. The number of hydrogen-bond acceptors (Lipinski definition) is 14. The van der Waals surface area contributed by atoms with Gasteiger partial charge in [-0.15, -0.1) is 0 Å². The van der Waals surface area contributed by atoms with Gasteiger partial charge in [0.05, 0.1) is 79.8 Å². The van der Waals surface area contributed by atoms with Crippen molar-refractivity contribution < 1.29 is 33.4 Å². The van der Waals surface area contributed by atoms with Crippen molar-refractivity contribution in [1.29, 1.82) is 5.26 Å². The molecule has 4 aromatic heterocycles. The number of imide groups is 1. The SMILES string of the molecule is COc1cc(N2CCN(C3CCC(n4cc(-c5cn6ncc(C#N)c6c(-c6ccc(N7C[C@H]8COC[C@@H](C7)N8C(=O)O)nc6)n5)cn4)CC3)CC2)c(F)cc1NC1CCC(=O)NC1=O. The fraction of sp³-hybridized carbons (Fsp3) is 0.455. The third kappa shape index (κ3) is 7.78. The second-order valence-electron chi connectivity index (χ2n) is 17.1. The standard InChI is InChI=1S/C44H48FN13O6/c1-63-38-15-37(33(45)14-35(38)50-34-7-9-40(59)52-43(34)60)54-12-10-53(11-13-54)29-3-5-30(6-4-29)56-20-28(19-48-56)36-23-57-42(27(16-46)18-49-57)41(51-36)26-2-8-39(47-17-26)55-21-31-24-64-25-32(22-55)58(31)44(61)62/h2,8,14-15,17-20,23,29-32,34,50H,3-7,9-13,21-22,24-25H2,1H3,(H,61,62)(H,52,59,60)/t29?,30?,31-,32+,34?. The van der Waals surface area contributed by atoms with Crippen LogP contribution >= 0.6 is 0 Å². The van der Waals surface area contributed by atoms with Crippen molar-refractivity contribution in [3.63, 3.8) is 0 Å². The monoisotopic (exact) mass is 873 g/mol. The highest BCUT2D eigenvalue weighted by atomic mass is 19.1. The van der Waals surface area contributed by atoms with E-state index in [-0.39, 0.29) is 30.5 Å². The minimum atomic E-state index is -0.932. The molecule has 1 aliphatic carbocycles. The lowest BCUT2D eigenvalue weighted by Crippen LogP contribution is -2.66. The number of hydrogen-bond donors (Lipinski definition) is 3. The summed E-state index contributed by atoms with van der Waals surface area (Å²) in [5.74, 6) is 0.0170. The Morgan fingerprint density at radius 1 is 0.938 bits per heavy atom. The quantitative estimate of drug-likeness (QED) is 0.180. The third-order valence-corrected chi connectivity index (χ3v) is 13.4. The van der Waals surface area contributed by atoms with Crippen molar-refractivity contribution in [2.24, 2.45) is 0 Å². The molecule has 0 radical (unpaired) electrons. The highest BCUT2D eigenvalue weighted by Crippen LogP contribution is 2.37. The Kier molecular flexibility index (Phi) is 11.0. The third-order valence-electron chi connectivity index (χ3n) is 13.4. The second kappa shape index (κ2) is 17.0. The van der Waals surface area contributed by atoms with Crippen molar-refractivity contribution >= 4 is 40.6 Å². The molecule has 19 nitrogen and oxygen atoms in total. The van der Waals surface area contributed by atoms with Crippen LogP contribution in [0, 0.1) is 17.1 Å². The van der Waals surface area contributed by atoms with E-state index < -0.39 is 23.9 Å². The number of carboxylic acid groups (broad SMARTS) is 1. The van der Waals surface area contributed by atoms with Crippen LogP contribution in [-0.4, -0.2) is 146 Å². The zero-order valence-corrected chi connectivity index (χ0v) is 35.3. The van der Waals surface area contributed by atoms with Gasteiger partial charge in [0.2, 0.25) is 11.8 Å². The van der Waals surface area contributed by atoms with Crippen LogP contribution in [0.25, 0.3) is 28.0 Å². The van der Waals surface area contributed by atoms with Crippen LogP contribution in [0.3, 0.4) is 0 Å². The summed E-state index contributed by atoms with van der Waals surface area (Å²) in [7, 11) is 1.51. The molecule has 1 unspecified atom stereocenters. The molecule has 64 heavy (non-hydrogen) atoms. The molecular weight excluding hydrogens is 826 g/mol. The summed E-state index contributed by atoms with van der Waals surface area (Å²) in [5, 5.41) is 34.4. The molecule has 8 heterocycles. The van der Waals surface area contributed by atoms with Gasteiger partial charge in [-0.25, -0.2) is 23.7 Å². The number of pyridine rings is 1. The van der Waals surface area contributed by atoms with Gasteiger partial charge in [-0.2, -0.15) is 15.5 Å². The number of aromatic nitrogens is 6. The van der Waals surface area contributed by atoms with Gasteiger partial charge in [0.25, 0.3) is 0 Å². The van der Waals surface area contributed by atoms with E-state index in [1.807, 2.05) is 40.3 Å². The van der Waals surface area contributed by atoms with Crippen molar-refractivity contribution in [1.82, 2.24) is 44.5 Å². The Morgan fingerprint density at radius 2 is 1.70 bits per heavy atom. The Bertz CT molecular complexity index is 2620. The van der Waals surface area contributed by atoms with Crippen LogP contribution in [0.15, 0.2) is 55.2 Å². The van der Waals surface area contributed by atoms with E-state index in [2.05, 4.69) is 31.6 Å². The Hall–Kier alpha value is -6.85. The van der Waals surface area contributed by atoms with Crippen LogP contribution in [0.5, 0.6) is 5.75 Å². The summed E-state index contributed by atoms with van der Waals surface area (Å²) in [6.45, 7) is 4.57. The number of nitrogens with zero attached hydrogens (tertiary/aromatic N) is 11. The Balaban J connectivity index is 0.779. The van der Waals surface area contributed by atoms with Crippen LogP contribution in [0.1, 0.15) is 50.1 Å². The number of methoxy groups -OCH3 is 1. The smallest absolute Gasteiger partial charge is 0.408 e. The van der Waals surface area contributed by atoms with Gasteiger partial charge < -0.3 is 29.7 Å². The summed E-state index contributed by atoms with van der Waals surface area (Å²) < 4.78 is 30.6. The molecule has 332 valence electrons. The molecule has 10 rings (SSSR count). The molecule has 5 aromatic rings. The van der Waals surface area contributed by atoms with E-state index in [4.69, 9.17) is 24.5 Å². The van der Waals surface area contributed by atoms with Crippen LogP contribution in [0.2, 0.25) is 0 Å². The molecule has 3 amide bonds. The molecule has 2 bridgehead atoms. The number of halogens is 1. The molecule has 1 saturated carbocycles. The molecular formula is C44H48FN13O6. The number of benzene rings is 1. The topological polar surface area (TPSA) is 212 Å².